The van der Waals surface area contributed by atoms with Crippen LogP contribution in [0.1, 0.15) is 10.4 Å². The first-order valence-electron chi connectivity index (χ1n) is 3.27. The minimum atomic E-state index is -0.209. The van der Waals surface area contributed by atoms with Crippen molar-refractivity contribution in [2.24, 2.45) is 0 Å². The Hall–Kier alpha value is -0.960. The number of esters is 1. The first-order chi connectivity index (χ1) is 5.38. The van der Waals surface area contributed by atoms with Crippen LogP contribution in [0, 0.1) is 0 Å². The molecule has 0 spiro atoms. The standard InChI is InChI=1S/C8H6O2S/c9-8-6-3-1-2-4-7(6)11-5-10-8/h1-4H,5H2. The molecule has 0 saturated heterocycles. The molecule has 11 heavy (non-hydrogen) atoms. The maximum atomic E-state index is 11.0. The molecule has 1 aromatic carbocycles. The van der Waals surface area contributed by atoms with Crippen molar-refractivity contribution in [3.05, 3.63) is 29.8 Å². The fraction of sp³-hybridized carbons (Fsp3) is 0.125. The lowest BCUT2D eigenvalue weighted by molar-refractivity contribution is 0.0566. The Bertz CT molecular complexity index is 296. The summed E-state index contributed by atoms with van der Waals surface area (Å²) in [4.78, 5) is 12.1. The van der Waals surface area contributed by atoms with Gasteiger partial charge < -0.3 is 4.74 Å². The zero-order valence-corrected chi connectivity index (χ0v) is 6.56. The molecule has 2 nitrogen and oxygen atoms in total. The molecular weight excluding hydrogens is 160 g/mol. The fourth-order valence-electron chi connectivity index (χ4n) is 0.985. The number of fused-ring (bicyclic) bond motifs is 1. The molecule has 0 radical (unpaired) electrons. The number of ether oxygens (including phenoxy) is 1. The summed E-state index contributed by atoms with van der Waals surface area (Å²) in [6, 6.07) is 7.47. The Morgan fingerprint density at radius 1 is 1.36 bits per heavy atom. The lowest BCUT2D eigenvalue weighted by atomic mass is 10.2. The number of rotatable bonds is 0. The van der Waals surface area contributed by atoms with Crippen LogP contribution in [-0.4, -0.2) is 11.9 Å². The summed E-state index contributed by atoms with van der Waals surface area (Å²) in [5.74, 6) is 0.231. The van der Waals surface area contributed by atoms with Gasteiger partial charge in [0.15, 0.2) is 0 Å². The highest BCUT2D eigenvalue weighted by molar-refractivity contribution is 7.99. The van der Waals surface area contributed by atoms with Gasteiger partial charge in [-0.05, 0) is 12.1 Å². The lowest BCUT2D eigenvalue weighted by Crippen LogP contribution is -2.10. The van der Waals surface area contributed by atoms with Gasteiger partial charge in [-0.25, -0.2) is 4.79 Å². The van der Waals surface area contributed by atoms with Crippen molar-refractivity contribution in [2.45, 2.75) is 4.90 Å². The highest BCUT2D eigenvalue weighted by atomic mass is 32.2. The number of carbonyl (C=O) groups excluding carboxylic acids is 1. The molecule has 1 aliphatic rings. The van der Waals surface area contributed by atoms with Gasteiger partial charge >= 0.3 is 5.97 Å². The summed E-state index contributed by atoms with van der Waals surface area (Å²) in [5.41, 5.74) is 0.684. The van der Waals surface area contributed by atoms with E-state index in [9.17, 15) is 4.79 Å². The van der Waals surface area contributed by atoms with E-state index in [-0.39, 0.29) is 5.97 Å². The highest BCUT2D eigenvalue weighted by Gasteiger charge is 2.17. The SMILES string of the molecule is O=C1OCSc2ccccc21. The van der Waals surface area contributed by atoms with Gasteiger partial charge in [-0.2, -0.15) is 0 Å². The molecule has 0 aromatic heterocycles. The molecule has 0 amide bonds. The average molecular weight is 166 g/mol. The van der Waals surface area contributed by atoms with Crippen molar-refractivity contribution >= 4 is 17.7 Å². The van der Waals surface area contributed by atoms with Crippen molar-refractivity contribution in [2.75, 3.05) is 5.94 Å². The number of hydrogen-bond acceptors (Lipinski definition) is 3. The van der Waals surface area contributed by atoms with E-state index >= 15 is 0 Å². The maximum absolute atomic E-state index is 11.0. The van der Waals surface area contributed by atoms with Crippen LogP contribution in [0.4, 0.5) is 0 Å². The second kappa shape index (κ2) is 2.58. The second-order valence-electron chi connectivity index (χ2n) is 2.19. The predicted octanol–water partition coefficient (Wildman–Crippen LogP) is 1.91. The molecule has 0 bridgehead atoms. The van der Waals surface area contributed by atoms with E-state index in [0.717, 1.165) is 4.90 Å². The Labute approximate surface area is 68.6 Å². The first-order valence-corrected chi connectivity index (χ1v) is 4.25. The second-order valence-corrected chi connectivity index (χ2v) is 3.15. The van der Waals surface area contributed by atoms with Crippen LogP contribution in [0.25, 0.3) is 0 Å². The monoisotopic (exact) mass is 166 g/mol. The Morgan fingerprint density at radius 3 is 3.00 bits per heavy atom. The van der Waals surface area contributed by atoms with Crippen LogP contribution in [0.3, 0.4) is 0 Å². The smallest absolute Gasteiger partial charge is 0.340 e. The van der Waals surface area contributed by atoms with Gasteiger partial charge in [0.05, 0.1) is 5.56 Å². The Balaban J connectivity index is 2.52. The third-order valence-electron chi connectivity index (χ3n) is 1.51. The van der Waals surface area contributed by atoms with E-state index in [1.165, 1.54) is 0 Å². The van der Waals surface area contributed by atoms with Crippen molar-refractivity contribution in [1.82, 2.24) is 0 Å². The molecule has 0 unspecified atom stereocenters. The third kappa shape index (κ3) is 1.12. The van der Waals surface area contributed by atoms with E-state index < -0.39 is 0 Å². The number of carbonyl (C=O) groups is 1. The van der Waals surface area contributed by atoms with E-state index in [2.05, 4.69) is 0 Å². The summed E-state index contributed by atoms with van der Waals surface area (Å²) in [6.07, 6.45) is 0. The van der Waals surface area contributed by atoms with Crippen LogP contribution >= 0.6 is 11.8 Å². The fourth-order valence-corrected chi connectivity index (χ4v) is 1.76. The average Bonchev–Trinajstić information content (AvgIpc) is 2.06. The Morgan fingerprint density at radius 2 is 2.18 bits per heavy atom. The molecule has 56 valence electrons. The van der Waals surface area contributed by atoms with Crippen LogP contribution in [0.2, 0.25) is 0 Å². The van der Waals surface area contributed by atoms with Crippen molar-refractivity contribution in [3.8, 4) is 0 Å². The van der Waals surface area contributed by atoms with Gasteiger partial charge in [-0.3, -0.25) is 0 Å². The van der Waals surface area contributed by atoms with Crippen LogP contribution in [0.5, 0.6) is 0 Å². The molecule has 0 N–H and O–H groups in total. The summed E-state index contributed by atoms with van der Waals surface area (Å²) in [6.45, 7) is 0. The topological polar surface area (TPSA) is 26.3 Å². The zero-order chi connectivity index (χ0) is 7.68. The van der Waals surface area contributed by atoms with E-state index in [4.69, 9.17) is 4.74 Å². The number of cyclic esters (lactones) is 1. The summed E-state index contributed by atoms with van der Waals surface area (Å²) in [5, 5.41) is 0. The summed E-state index contributed by atoms with van der Waals surface area (Å²) in [7, 11) is 0. The van der Waals surface area contributed by atoms with Crippen molar-refractivity contribution < 1.29 is 9.53 Å². The largest absolute Gasteiger partial charge is 0.451 e. The van der Waals surface area contributed by atoms with E-state index in [1.807, 2.05) is 18.2 Å². The van der Waals surface area contributed by atoms with Gasteiger partial charge in [0, 0.05) is 4.90 Å². The predicted molar refractivity (Wildman–Crippen MR) is 42.6 cm³/mol. The minimum absolute atomic E-state index is 0.209. The van der Waals surface area contributed by atoms with Crippen molar-refractivity contribution in [1.29, 1.82) is 0 Å². The minimum Gasteiger partial charge on any atom is -0.451 e. The molecule has 3 heteroatoms. The van der Waals surface area contributed by atoms with Gasteiger partial charge in [-0.1, -0.05) is 23.9 Å². The van der Waals surface area contributed by atoms with Gasteiger partial charge in [0.2, 0.25) is 0 Å². The van der Waals surface area contributed by atoms with Gasteiger partial charge in [-0.15, -0.1) is 0 Å². The highest BCUT2D eigenvalue weighted by Crippen LogP contribution is 2.27. The lowest BCUT2D eigenvalue weighted by Gasteiger charge is -2.13. The normalized spacial score (nSPS) is 15.5. The molecule has 1 heterocycles. The van der Waals surface area contributed by atoms with Crippen LogP contribution in [0.15, 0.2) is 29.2 Å². The molecule has 0 fully saturated rings. The molecule has 1 aromatic rings. The van der Waals surface area contributed by atoms with Crippen molar-refractivity contribution in [3.63, 3.8) is 0 Å². The molecule has 1 aliphatic heterocycles. The van der Waals surface area contributed by atoms with E-state index in [0.29, 0.717) is 11.5 Å². The number of benzene rings is 1. The molecule has 0 saturated carbocycles. The first kappa shape index (κ1) is 6.73. The maximum Gasteiger partial charge on any atom is 0.340 e. The zero-order valence-electron chi connectivity index (χ0n) is 5.74. The summed E-state index contributed by atoms with van der Waals surface area (Å²) < 4.78 is 4.83. The number of hydrogen-bond donors (Lipinski definition) is 0. The molecular formula is C8H6O2S. The molecule has 0 aliphatic carbocycles. The van der Waals surface area contributed by atoms with Crippen LogP contribution < -0.4 is 0 Å². The van der Waals surface area contributed by atoms with Crippen LogP contribution in [-0.2, 0) is 4.74 Å². The summed E-state index contributed by atoms with van der Waals surface area (Å²) >= 11 is 1.55. The quantitative estimate of drug-likeness (QED) is 0.551. The Kier molecular flexibility index (Phi) is 1.58. The third-order valence-corrected chi connectivity index (χ3v) is 2.41. The van der Waals surface area contributed by atoms with E-state index in [1.54, 1.807) is 17.8 Å². The molecule has 2 rings (SSSR count). The van der Waals surface area contributed by atoms with Gasteiger partial charge in [0.1, 0.15) is 5.94 Å². The molecule has 0 atom stereocenters. The number of thioether (sulfide) groups is 1. The van der Waals surface area contributed by atoms with Gasteiger partial charge in [0.25, 0.3) is 0 Å².